The SMILES string of the molecule is CN1CC(C(=O)Nc2cc3cc(/C(=C/N)N(C)N)ccc3cn2)C1. The number of hydrogen-bond acceptors (Lipinski definition) is 6. The van der Waals surface area contributed by atoms with Crippen molar-refractivity contribution in [2.24, 2.45) is 17.5 Å². The van der Waals surface area contributed by atoms with Crippen molar-refractivity contribution in [1.82, 2.24) is 14.9 Å². The summed E-state index contributed by atoms with van der Waals surface area (Å²) in [6.45, 7) is 1.58. The molecule has 1 aromatic heterocycles. The number of amides is 1. The summed E-state index contributed by atoms with van der Waals surface area (Å²) in [6.07, 6.45) is 3.22. The summed E-state index contributed by atoms with van der Waals surface area (Å²) >= 11 is 0. The second kappa shape index (κ2) is 6.46. The molecule has 0 radical (unpaired) electrons. The maximum absolute atomic E-state index is 12.2. The van der Waals surface area contributed by atoms with Crippen molar-refractivity contribution in [3.05, 3.63) is 42.2 Å². The minimum atomic E-state index is 0.0142. The Kier molecular flexibility index (Phi) is 4.37. The van der Waals surface area contributed by atoms with E-state index < -0.39 is 0 Å². The minimum Gasteiger partial charge on any atom is -0.403 e. The molecule has 1 aromatic carbocycles. The third-order valence-corrected chi connectivity index (χ3v) is 4.24. The predicted octanol–water partition coefficient (Wildman–Crippen LogP) is 0.797. The number of carbonyl (C=O) groups is 1. The van der Waals surface area contributed by atoms with Gasteiger partial charge in [-0.2, -0.15) is 0 Å². The van der Waals surface area contributed by atoms with Crippen molar-refractivity contribution >= 4 is 28.2 Å². The molecule has 5 N–H and O–H groups in total. The number of aromatic nitrogens is 1. The molecule has 0 unspecified atom stereocenters. The van der Waals surface area contributed by atoms with Crippen LogP contribution in [0.3, 0.4) is 0 Å². The van der Waals surface area contributed by atoms with E-state index in [1.54, 1.807) is 13.2 Å². The van der Waals surface area contributed by atoms with E-state index in [0.29, 0.717) is 5.82 Å². The molecule has 24 heavy (non-hydrogen) atoms. The molecule has 1 aliphatic rings. The standard InChI is InChI=1S/C17H22N6O/c1-22-9-14(10-22)17(24)21-16-6-13-5-11(15(7-18)23(2)19)3-4-12(13)8-20-16/h3-8,14H,9-10,18-19H2,1-2H3,(H,20,21,24)/b15-7-. The summed E-state index contributed by atoms with van der Waals surface area (Å²) in [4.78, 5) is 18.6. The normalized spacial score (nSPS) is 16.0. The van der Waals surface area contributed by atoms with E-state index in [0.717, 1.165) is 35.1 Å². The van der Waals surface area contributed by atoms with Crippen LogP contribution < -0.4 is 16.9 Å². The lowest BCUT2D eigenvalue weighted by Crippen LogP contribution is -2.49. The molecule has 2 aromatic rings. The fourth-order valence-electron chi connectivity index (χ4n) is 2.88. The smallest absolute Gasteiger partial charge is 0.231 e. The highest BCUT2D eigenvalue weighted by molar-refractivity contribution is 5.95. The van der Waals surface area contributed by atoms with Gasteiger partial charge in [-0.15, -0.1) is 0 Å². The Balaban J connectivity index is 1.85. The summed E-state index contributed by atoms with van der Waals surface area (Å²) in [5, 5.41) is 6.31. The van der Waals surface area contributed by atoms with Crippen molar-refractivity contribution in [1.29, 1.82) is 0 Å². The Morgan fingerprint density at radius 2 is 2.12 bits per heavy atom. The van der Waals surface area contributed by atoms with Gasteiger partial charge in [0.2, 0.25) is 5.91 Å². The van der Waals surface area contributed by atoms with Gasteiger partial charge in [-0.3, -0.25) is 4.79 Å². The number of anilines is 1. The number of pyridine rings is 1. The van der Waals surface area contributed by atoms with Crippen LogP contribution in [-0.4, -0.2) is 48.0 Å². The molecule has 3 rings (SSSR count). The minimum absolute atomic E-state index is 0.0142. The van der Waals surface area contributed by atoms with Crippen molar-refractivity contribution in [2.75, 3.05) is 32.5 Å². The van der Waals surface area contributed by atoms with Crippen molar-refractivity contribution < 1.29 is 4.79 Å². The number of hydrogen-bond donors (Lipinski definition) is 3. The zero-order chi connectivity index (χ0) is 17.3. The van der Waals surface area contributed by atoms with Crippen molar-refractivity contribution in [3.63, 3.8) is 0 Å². The van der Waals surface area contributed by atoms with E-state index in [2.05, 4.69) is 15.2 Å². The first-order valence-corrected chi connectivity index (χ1v) is 7.78. The van der Waals surface area contributed by atoms with E-state index in [1.807, 2.05) is 31.3 Å². The van der Waals surface area contributed by atoms with Crippen molar-refractivity contribution in [2.45, 2.75) is 0 Å². The van der Waals surface area contributed by atoms with Gasteiger partial charge in [0.05, 0.1) is 11.6 Å². The van der Waals surface area contributed by atoms with Gasteiger partial charge >= 0.3 is 0 Å². The second-order valence-corrected chi connectivity index (χ2v) is 6.20. The highest BCUT2D eigenvalue weighted by Gasteiger charge is 2.30. The molecule has 126 valence electrons. The van der Waals surface area contributed by atoms with Crippen molar-refractivity contribution in [3.8, 4) is 0 Å². The number of benzene rings is 1. The van der Waals surface area contributed by atoms with Gasteiger partial charge < -0.3 is 21.0 Å². The molecule has 7 heteroatoms. The third-order valence-electron chi connectivity index (χ3n) is 4.24. The topological polar surface area (TPSA) is 101 Å². The molecule has 1 amide bonds. The molecular weight excluding hydrogens is 304 g/mol. The van der Waals surface area contributed by atoms with Gasteiger partial charge in [-0.1, -0.05) is 12.1 Å². The van der Waals surface area contributed by atoms with E-state index in [4.69, 9.17) is 11.6 Å². The third kappa shape index (κ3) is 3.17. The summed E-state index contributed by atoms with van der Waals surface area (Å²) in [5.74, 6) is 6.40. The zero-order valence-corrected chi connectivity index (χ0v) is 13.9. The maximum Gasteiger partial charge on any atom is 0.231 e. The molecule has 0 atom stereocenters. The Hall–Kier alpha value is -2.64. The predicted molar refractivity (Wildman–Crippen MR) is 95.5 cm³/mol. The van der Waals surface area contributed by atoms with Gasteiger partial charge in [0.1, 0.15) is 5.82 Å². The van der Waals surface area contributed by atoms with Crippen LogP contribution in [0.2, 0.25) is 0 Å². The summed E-state index contributed by atoms with van der Waals surface area (Å²) in [5.41, 5.74) is 7.28. The Morgan fingerprint density at radius 1 is 1.38 bits per heavy atom. The molecule has 0 saturated carbocycles. The zero-order valence-electron chi connectivity index (χ0n) is 13.9. The lowest BCUT2D eigenvalue weighted by Gasteiger charge is -2.34. The molecule has 0 bridgehead atoms. The van der Waals surface area contributed by atoms with E-state index in [-0.39, 0.29) is 11.8 Å². The summed E-state index contributed by atoms with van der Waals surface area (Å²) in [7, 11) is 3.73. The van der Waals surface area contributed by atoms with Gasteiger partial charge in [0.15, 0.2) is 0 Å². The van der Waals surface area contributed by atoms with E-state index >= 15 is 0 Å². The molecule has 1 aliphatic heterocycles. The van der Waals surface area contributed by atoms with Gasteiger partial charge in [0.25, 0.3) is 0 Å². The fraction of sp³-hybridized carbons (Fsp3) is 0.294. The maximum atomic E-state index is 12.2. The molecule has 2 heterocycles. The first-order chi connectivity index (χ1) is 11.5. The average molecular weight is 326 g/mol. The quantitative estimate of drug-likeness (QED) is 0.567. The Labute approximate surface area is 140 Å². The average Bonchev–Trinajstić information content (AvgIpc) is 2.51. The van der Waals surface area contributed by atoms with E-state index in [9.17, 15) is 4.79 Å². The number of likely N-dealkylation sites (tertiary alicyclic amines) is 1. The number of rotatable bonds is 4. The lowest BCUT2D eigenvalue weighted by atomic mass is 10.0. The van der Waals surface area contributed by atoms with Crippen LogP contribution in [0.1, 0.15) is 5.56 Å². The van der Waals surface area contributed by atoms with Crippen LogP contribution in [0.25, 0.3) is 16.5 Å². The summed E-state index contributed by atoms with van der Waals surface area (Å²) < 4.78 is 0. The monoisotopic (exact) mass is 326 g/mol. The lowest BCUT2D eigenvalue weighted by molar-refractivity contribution is -0.124. The molecule has 7 nitrogen and oxygen atoms in total. The molecule has 1 fully saturated rings. The number of hydrazine groups is 1. The van der Waals surface area contributed by atoms with Crippen LogP contribution in [-0.2, 0) is 4.79 Å². The molecular formula is C17H22N6O. The Morgan fingerprint density at radius 3 is 2.75 bits per heavy atom. The largest absolute Gasteiger partial charge is 0.403 e. The summed E-state index contributed by atoms with van der Waals surface area (Å²) in [6, 6.07) is 7.74. The number of nitrogens with zero attached hydrogens (tertiary/aromatic N) is 3. The van der Waals surface area contributed by atoms with Crippen LogP contribution in [0.5, 0.6) is 0 Å². The molecule has 0 spiro atoms. The second-order valence-electron chi connectivity index (χ2n) is 6.20. The molecule has 0 aliphatic carbocycles. The number of nitrogens with two attached hydrogens (primary N) is 2. The fourth-order valence-corrected chi connectivity index (χ4v) is 2.88. The van der Waals surface area contributed by atoms with Gasteiger partial charge in [-0.05, 0) is 24.6 Å². The Bertz CT molecular complexity index is 795. The first kappa shape index (κ1) is 16.2. The van der Waals surface area contributed by atoms with Crippen LogP contribution in [0.15, 0.2) is 36.7 Å². The highest BCUT2D eigenvalue weighted by Crippen LogP contribution is 2.23. The number of fused-ring (bicyclic) bond motifs is 1. The van der Waals surface area contributed by atoms with Gasteiger partial charge in [-0.25, -0.2) is 10.8 Å². The van der Waals surface area contributed by atoms with Crippen LogP contribution in [0, 0.1) is 5.92 Å². The van der Waals surface area contributed by atoms with Gasteiger partial charge in [0, 0.05) is 43.5 Å². The highest BCUT2D eigenvalue weighted by atomic mass is 16.2. The molecule has 1 saturated heterocycles. The van der Waals surface area contributed by atoms with E-state index in [1.165, 1.54) is 11.2 Å². The van der Waals surface area contributed by atoms with Crippen LogP contribution >= 0.6 is 0 Å². The first-order valence-electron chi connectivity index (χ1n) is 7.78. The van der Waals surface area contributed by atoms with Crippen LogP contribution in [0.4, 0.5) is 5.82 Å². The number of nitrogens with one attached hydrogen (secondary N) is 1. The number of carbonyl (C=O) groups excluding carboxylic acids is 1.